The lowest BCUT2D eigenvalue weighted by atomic mass is 9.89. The van der Waals surface area contributed by atoms with Crippen molar-refractivity contribution < 1.29 is 45.0 Å². The highest BCUT2D eigenvalue weighted by atomic mass is 19.4. The number of ether oxygens (including phenoxy) is 2. The Hall–Kier alpha value is -3.18. The van der Waals surface area contributed by atoms with E-state index in [1.807, 2.05) is 35.2 Å². The first-order valence-corrected chi connectivity index (χ1v) is 11.4. The van der Waals surface area contributed by atoms with Crippen molar-refractivity contribution in [3.63, 3.8) is 0 Å². The molecule has 198 valence electrons. The standard InChI is InChI=1S/C26H22F7NO3/c27-21-8-6-17(7-9-21)22-24(36-11-10-34(22)15-16-4-2-1-3-5-16)37-23(35)18-12-19(25(28,29)30)14-20(13-18)26(31,32)33/h1-6,8-9,12-14,17,22,24H,7,10-11,15H2/t17?,22-,24+/m0/s1. The smallest absolute Gasteiger partial charge is 0.416 e. The second kappa shape index (κ2) is 10.7. The fourth-order valence-corrected chi connectivity index (χ4v) is 4.40. The van der Waals surface area contributed by atoms with E-state index < -0.39 is 59.1 Å². The third kappa shape index (κ3) is 6.58. The first kappa shape index (κ1) is 26.9. The molecule has 2 aromatic rings. The van der Waals surface area contributed by atoms with Crippen LogP contribution in [0.3, 0.4) is 0 Å². The summed E-state index contributed by atoms with van der Waals surface area (Å²) in [5.41, 5.74) is -3.24. The van der Waals surface area contributed by atoms with Crippen molar-refractivity contribution in [2.75, 3.05) is 13.2 Å². The number of carbonyl (C=O) groups is 1. The molecule has 0 radical (unpaired) electrons. The van der Waals surface area contributed by atoms with Gasteiger partial charge in [-0.25, -0.2) is 9.18 Å². The summed E-state index contributed by atoms with van der Waals surface area (Å²) in [7, 11) is 0. The molecule has 4 rings (SSSR count). The highest BCUT2D eigenvalue weighted by Gasteiger charge is 2.41. The summed E-state index contributed by atoms with van der Waals surface area (Å²) in [6.45, 7) is 0.908. The molecule has 0 N–H and O–H groups in total. The summed E-state index contributed by atoms with van der Waals surface area (Å²) in [6.07, 6.45) is -7.13. The van der Waals surface area contributed by atoms with E-state index in [2.05, 4.69) is 0 Å². The van der Waals surface area contributed by atoms with Gasteiger partial charge in [-0.05, 0) is 42.3 Å². The normalized spacial score (nSPS) is 23.0. The van der Waals surface area contributed by atoms with E-state index in [4.69, 9.17) is 9.47 Å². The average molecular weight is 529 g/mol. The number of esters is 1. The zero-order valence-corrected chi connectivity index (χ0v) is 19.2. The molecule has 3 atom stereocenters. The number of halogens is 7. The second-order valence-corrected chi connectivity index (χ2v) is 8.73. The van der Waals surface area contributed by atoms with Gasteiger partial charge in [0.15, 0.2) is 0 Å². The van der Waals surface area contributed by atoms with Crippen molar-refractivity contribution in [3.05, 3.63) is 94.8 Å². The maximum absolute atomic E-state index is 13.6. The summed E-state index contributed by atoms with van der Waals surface area (Å²) < 4.78 is 104. The highest BCUT2D eigenvalue weighted by molar-refractivity contribution is 5.90. The van der Waals surface area contributed by atoms with Crippen LogP contribution in [0.25, 0.3) is 0 Å². The van der Waals surface area contributed by atoms with E-state index in [1.165, 1.54) is 12.2 Å². The summed E-state index contributed by atoms with van der Waals surface area (Å²) in [5.74, 6) is -2.23. The van der Waals surface area contributed by atoms with Gasteiger partial charge in [0.05, 0.1) is 29.3 Å². The minimum absolute atomic E-state index is 0.0635. The van der Waals surface area contributed by atoms with Crippen LogP contribution in [0.2, 0.25) is 0 Å². The van der Waals surface area contributed by atoms with Gasteiger partial charge < -0.3 is 9.47 Å². The first-order valence-electron chi connectivity index (χ1n) is 11.4. The van der Waals surface area contributed by atoms with Crippen LogP contribution in [0.1, 0.15) is 33.5 Å². The number of morpholine rings is 1. The quantitative estimate of drug-likeness (QED) is 0.326. The molecule has 0 amide bonds. The van der Waals surface area contributed by atoms with Crippen LogP contribution in [-0.4, -0.2) is 36.4 Å². The molecule has 0 bridgehead atoms. The zero-order chi connectivity index (χ0) is 26.8. The topological polar surface area (TPSA) is 38.8 Å². The van der Waals surface area contributed by atoms with Gasteiger partial charge >= 0.3 is 18.3 Å². The molecule has 1 aliphatic heterocycles. The van der Waals surface area contributed by atoms with Gasteiger partial charge in [-0.3, -0.25) is 4.90 Å². The second-order valence-electron chi connectivity index (χ2n) is 8.73. The summed E-state index contributed by atoms with van der Waals surface area (Å²) >= 11 is 0. The highest BCUT2D eigenvalue weighted by Crippen LogP contribution is 2.37. The van der Waals surface area contributed by atoms with E-state index in [1.54, 1.807) is 6.08 Å². The SMILES string of the molecule is O=C(O[C@H]1OCCN(Cc2ccccc2)[C@H]1C1C=CC(F)=CC1)c1cc(C(F)(F)F)cc(C(F)(F)F)c1. The Balaban J connectivity index is 1.63. The number of rotatable bonds is 5. The van der Waals surface area contributed by atoms with Crippen molar-refractivity contribution in [1.29, 1.82) is 0 Å². The molecular weight excluding hydrogens is 507 g/mol. The average Bonchev–Trinajstić information content (AvgIpc) is 2.84. The monoisotopic (exact) mass is 529 g/mol. The van der Waals surface area contributed by atoms with Gasteiger partial charge in [-0.2, -0.15) is 26.3 Å². The van der Waals surface area contributed by atoms with Gasteiger partial charge in [0.2, 0.25) is 6.29 Å². The summed E-state index contributed by atoms with van der Waals surface area (Å²) in [6, 6.07) is 9.17. The fraction of sp³-hybridized carbons (Fsp3) is 0.346. The molecule has 0 aromatic heterocycles. The van der Waals surface area contributed by atoms with Crippen LogP contribution < -0.4 is 0 Å². The predicted octanol–water partition coefficient (Wildman–Crippen LogP) is 6.54. The number of carbonyl (C=O) groups excluding carboxylic acids is 1. The fourth-order valence-electron chi connectivity index (χ4n) is 4.40. The lowest BCUT2D eigenvalue weighted by Gasteiger charge is -2.43. The van der Waals surface area contributed by atoms with Crippen molar-refractivity contribution in [2.24, 2.45) is 5.92 Å². The Kier molecular flexibility index (Phi) is 7.75. The van der Waals surface area contributed by atoms with Gasteiger partial charge in [0.1, 0.15) is 5.83 Å². The van der Waals surface area contributed by atoms with Gasteiger partial charge in [-0.15, -0.1) is 0 Å². The van der Waals surface area contributed by atoms with E-state index in [0.717, 1.165) is 5.56 Å². The van der Waals surface area contributed by atoms with Crippen LogP contribution >= 0.6 is 0 Å². The molecule has 4 nitrogen and oxygen atoms in total. The molecule has 0 spiro atoms. The molecule has 2 aromatic carbocycles. The Labute approximate surface area is 208 Å². The first-order chi connectivity index (χ1) is 17.4. The van der Waals surface area contributed by atoms with Gasteiger partial charge in [0.25, 0.3) is 0 Å². The van der Waals surface area contributed by atoms with E-state index in [0.29, 0.717) is 25.2 Å². The molecule has 0 saturated carbocycles. The molecule has 1 heterocycles. The molecule has 11 heteroatoms. The van der Waals surface area contributed by atoms with E-state index in [9.17, 15) is 35.5 Å². The Morgan fingerprint density at radius 2 is 1.65 bits per heavy atom. The van der Waals surface area contributed by atoms with Crippen molar-refractivity contribution in [2.45, 2.75) is 37.7 Å². The molecule has 1 unspecified atom stereocenters. The number of nitrogens with zero attached hydrogens (tertiary/aromatic N) is 1. The Morgan fingerprint density at radius 3 is 2.22 bits per heavy atom. The lowest BCUT2D eigenvalue weighted by molar-refractivity contribution is -0.192. The molecule has 2 aliphatic rings. The maximum atomic E-state index is 13.6. The predicted molar refractivity (Wildman–Crippen MR) is 119 cm³/mol. The summed E-state index contributed by atoms with van der Waals surface area (Å²) in [5, 5.41) is 0. The third-order valence-corrected chi connectivity index (χ3v) is 6.16. The van der Waals surface area contributed by atoms with Crippen LogP contribution in [-0.2, 0) is 28.4 Å². The minimum atomic E-state index is -5.12. The largest absolute Gasteiger partial charge is 0.430 e. The number of hydrogen-bond donors (Lipinski definition) is 0. The van der Waals surface area contributed by atoms with Crippen LogP contribution in [0.4, 0.5) is 30.7 Å². The number of alkyl halides is 6. The third-order valence-electron chi connectivity index (χ3n) is 6.16. The molecule has 1 saturated heterocycles. The Bertz CT molecular complexity index is 1140. The van der Waals surface area contributed by atoms with Crippen LogP contribution in [0.15, 0.2) is 72.6 Å². The molecule has 37 heavy (non-hydrogen) atoms. The van der Waals surface area contributed by atoms with E-state index >= 15 is 0 Å². The molecular formula is C26H22F7NO3. The number of benzene rings is 2. The summed E-state index contributed by atoms with van der Waals surface area (Å²) in [4.78, 5) is 14.8. The Morgan fingerprint density at radius 1 is 1.00 bits per heavy atom. The van der Waals surface area contributed by atoms with E-state index in [-0.39, 0.29) is 19.1 Å². The molecule has 1 fully saturated rings. The van der Waals surface area contributed by atoms with Gasteiger partial charge in [-0.1, -0.05) is 36.4 Å². The van der Waals surface area contributed by atoms with Crippen molar-refractivity contribution in [1.82, 2.24) is 4.90 Å². The zero-order valence-electron chi connectivity index (χ0n) is 19.2. The van der Waals surface area contributed by atoms with Crippen molar-refractivity contribution >= 4 is 5.97 Å². The van der Waals surface area contributed by atoms with Crippen molar-refractivity contribution in [3.8, 4) is 0 Å². The maximum Gasteiger partial charge on any atom is 0.416 e. The minimum Gasteiger partial charge on any atom is -0.430 e. The van der Waals surface area contributed by atoms with Crippen LogP contribution in [0, 0.1) is 5.92 Å². The number of hydrogen-bond acceptors (Lipinski definition) is 4. The van der Waals surface area contributed by atoms with Crippen LogP contribution in [0.5, 0.6) is 0 Å². The molecule has 1 aliphatic carbocycles. The lowest BCUT2D eigenvalue weighted by Crippen LogP contribution is -2.55. The van der Waals surface area contributed by atoms with Gasteiger partial charge in [0, 0.05) is 19.0 Å². The number of allylic oxidation sites excluding steroid dienone is 3.